The number of pyridine rings is 1. The largest absolute Gasteiger partial charge is 0.493 e. The molecule has 0 unspecified atom stereocenters. The number of aromatic nitrogens is 3. The van der Waals surface area contributed by atoms with Crippen molar-refractivity contribution in [3.63, 3.8) is 0 Å². The van der Waals surface area contributed by atoms with E-state index in [9.17, 15) is 0 Å². The lowest BCUT2D eigenvalue weighted by molar-refractivity contribution is 0.288. The molecule has 1 aliphatic rings. The standard InChI is InChI=1S/C25H26N6O.HI/c1-26-25(28-17-24-30-29-23-6-2-3-13-31(23)24)27-16-18-7-9-19(10-8-18)20-11-12-22-21(15-20)5-4-14-32-22;/h2-3,6-13,15H,4-5,14,16-17H2,1H3,(H2,26,27,28);1H. The van der Waals surface area contributed by atoms with Crippen LogP contribution >= 0.6 is 24.0 Å². The second-order valence-electron chi connectivity index (χ2n) is 7.80. The Labute approximate surface area is 210 Å². The lowest BCUT2D eigenvalue weighted by atomic mass is 9.98. The molecule has 2 N–H and O–H groups in total. The SMILES string of the molecule is CN=C(NCc1ccc(-c2ccc3c(c2)CCCO3)cc1)NCc1nnc2ccccn12.I. The van der Waals surface area contributed by atoms with Crippen LogP contribution in [0.3, 0.4) is 0 Å². The Hall–Kier alpha value is -3.14. The minimum Gasteiger partial charge on any atom is -0.493 e. The molecule has 2 aromatic heterocycles. The van der Waals surface area contributed by atoms with E-state index in [0.717, 1.165) is 42.6 Å². The van der Waals surface area contributed by atoms with E-state index in [1.165, 1.54) is 22.3 Å². The molecule has 0 radical (unpaired) electrons. The second-order valence-corrected chi connectivity index (χ2v) is 7.80. The first-order chi connectivity index (χ1) is 15.8. The molecule has 1 aliphatic heterocycles. The molecular weight excluding hydrogens is 527 g/mol. The van der Waals surface area contributed by atoms with Crippen LogP contribution in [-0.4, -0.2) is 34.2 Å². The van der Waals surface area contributed by atoms with E-state index in [-0.39, 0.29) is 24.0 Å². The fourth-order valence-corrected chi connectivity index (χ4v) is 3.94. The van der Waals surface area contributed by atoms with Crippen molar-refractivity contribution in [3.8, 4) is 16.9 Å². The van der Waals surface area contributed by atoms with Gasteiger partial charge in [-0.25, -0.2) is 0 Å². The fourth-order valence-electron chi connectivity index (χ4n) is 3.94. The Bertz CT molecular complexity index is 1250. The first-order valence-corrected chi connectivity index (χ1v) is 10.9. The summed E-state index contributed by atoms with van der Waals surface area (Å²) in [4.78, 5) is 4.31. The molecule has 0 saturated heterocycles. The van der Waals surface area contributed by atoms with Crippen LogP contribution in [0, 0.1) is 0 Å². The summed E-state index contributed by atoms with van der Waals surface area (Å²) in [7, 11) is 1.76. The van der Waals surface area contributed by atoms with E-state index in [1.807, 2.05) is 28.8 Å². The summed E-state index contributed by atoms with van der Waals surface area (Å²) in [5.41, 5.74) is 5.76. The number of hydrogen-bond acceptors (Lipinski definition) is 4. The van der Waals surface area contributed by atoms with Crippen molar-refractivity contribution in [2.45, 2.75) is 25.9 Å². The van der Waals surface area contributed by atoms with E-state index in [1.54, 1.807) is 7.05 Å². The summed E-state index contributed by atoms with van der Waals surface area (Å²) in [6.07, 6.45) is 4.13. The molecule has 0 spiro atoms. The smallest absolute Gasteiger partial charge is 0.191 e. The molecule has 0 aliphatic carbocycles. The Kier molecular flexibility index (Phi) is 7.43. The molecule has 4 aromatic rings. The van der Waals surface area contributed by atoms with E-state index >= 15 is 0 Å². The summed E-state index contributed by atoms with van der Waals surface area (Å²) in [5, 5.41) is 15.1. The Morgan fingerprint density at radius 1 is 1.00 bits per heavy atom. The average molecular weight is 554 g/mol. The number of hydrogen-bond donors (Lipinski definition) is 2. The maximum atomic E-state index is 5.73. The summed E-state index contributed by atoms with van der Waals surface area (Å²) in [6, 6.07) is 21.0. The number of fused-ring (bicyclic) bond motifs is 2. The van der Waals surface area contributed by atoms with Gasteiger partial charge in [-0.1, -0.05) is 36.4 Å². The zero-order chi connectivity index (χ0) is 21.8. The maximum absolute atomic E-state index is 5.73. The number of nitrogens with zero attached hydrogens (tertiary/aromatic N) is 4. The van der Waals surface area contributed by atoms with Gasteiger partial charge in [-0.3, -0.25) is 9.39 Å². The van der Waals surface area contributed by atoms with Gasteiger partial charge in [0.1, 0.15) is 5.75 Å². The number of benzene rings is 2. The summed E-state index contributed by atoms with van der Waals surface area (Å²) in [5.74, 6) is 2.58. The average Bonchev–Trinajstić information content (AvgIpc) is 3.27. The minimum absolute atomic E-state index is 0. The number of guanidine groups is 1. The first-order valence-electron chi connectivity index (χ1n) is 10.9. The molecule has 170 valence electrons. The van der Waals surface area contributed by atoms with Gasteiger partial charge < -0.3 is 15.4 Å². The molecule has 0 fully saturated rings. The topological polar surface area (TPSA) is 75.8 Å². The van der Waals surface area contributed by atoms with Crippen molar-refractivity contribution in [2.75, 3.05) is 13.7 Å². The molecule has 5 rings (SSSR count). The highest BCUT2D eigenvalue weighted by Gasteiger charge is 2.11. The van der Waals surface area contributed by atoms with Crippen LogP contribution < -0.4 is 15.4 Å². The zero-order valence-electron chi connectivity index (χ0n) is 18.5. The molecule has 0 saturated carbocycles. The van der Waals surface area contributed by atoms with Gasteiger partial charge in [-0.2, -0.15) is 0 Å². The molecular formula is C25H27IN6O. The van der Waals surface area contributed by atoms with Gasteiger partial charge in [0, 0.05) is 19.8 Å². The third kappa shape index (κ3) is 5.27. The summed E-state index contributed by atoms with van der Waals surface area (Å²) < 4.78 is 7.69. The molecule has 7 nitrogen and oxygen atoms in total. The number of aliphatic imine (C=N–C) groups is 1. The van der Waals surface area contributed by atoms with E-state index in [0.29, 0.717) is 13.1 Å². The van der Waals surface area contributed by atoms with Gasteiger partial charge in [0.2, 0.25) is 0 Å². The Morgan fingerprint density at radius 3 is 2.67 bits per heavy atom. The van der Waals surface area contributed by atoms with Crippen molar-refractivity contribution in [1.29, 1.82) is 0 Å². The molecule has 33 heavy (non-hydrogen) atoms. The van der Waals surface area contributed by atoms with Crippen molar-refractivity contribution < 1.29 is 4.74 Å². The van der Waals surface area contributed by atoms with Crippen LogP contribution in [0.5, 0.6) is 5.75 Å². The Morgan fingerprint density at radius 2 is 1.82 bits per heavy atom. The van der Waals surface area contributed by atoms with Crippen molar-refractivity contribution in [3.05, 3.63) is 83.8 Å². The van der Waals surface area contributed by atoms with Gasteiger partial charge in [-0.15, -0.1) is 34.2 Å². The van der Waals surface area contributed by atoms with Gasteiger partial charge >= 0.3 is 0 Å². The second kappa shape index (κ2) is 10.7. The highest BCUT2D eigenvalue weighted by molar-refractivity contribution is 14.0. The fraction of sp³-hybridized carbons (Fsp3) is 0.240. The molecule has 0 bridgehead atoms. The molecule has 0 atom stereocenters. The third-order valence-corrected chi connectivity index (χ3v) is 5.68. The van der Waals surface area contributed by atoms with Crippen LogP contribution in [-0.2, 0) is 19.5 Å². The summed E-state index contributed by atoms with van der Waals surface area (Å²) in [6.45, 7) is 2.03. The van der Waals surface area contributed by atoms with E-state index in [4.69, 9.17) is 4.74 Å². The quantitative estimate of drug-likeness (QED) is 0.220. The maximum Gasteiger partial charge on any atom is 0.191 e. The monoisotopic (exact) mass is 554 g/mol. The minimum atomic E-state index is 0. The predicted molar refractivity (Wildman–Crippen MR) is 141 cm³/mol. The normalized spacial score (nSPS) is 13.1. The molecule has 8 heteroatoms. The number of halogens is 1. The Balaban J connectivity index is 0.00000259. The van der Waals surface area contributed by atoms with Gasteiger partial charge in [-0.05, 0) is 59.4 Å². The van der Waals surface area contributed by atoms with Crippen molar-refractivity contribution in [1.82, 2.24) is 25.2 Å². The number of nitrogens with one attached hydrogen (secondary N) is 2. The van der Waals surface area contributed by atoms with Crippen LogP contribution in [0.25, 0.3) is 16.8 Å². The van der Waals surface area contributed by atoms with Crippen LogP contribution in [0.2, 0.25) is 0 Å². The van der Waals surface area contributed by atoms with E-state index < -0.39 is 0 Å². The number of aryl methyl sites for hydroxylation is 1. The van der Waals surface area contributed by atoms with E-state index in [2.05, 4.69) is 68.3 Å². The van der Waals surface area contributed by atoms with Gasteiger partial charge in [0.25, 0.3) is 0 Å². The van der Waals surface area contributed by atoms with Gasteiger partial charge in [0.05, 0.1) is 13.2 Å². The lowest BCUT2D eigenvalue weighted by Crippen LogP contribution is -2.36. The van der Waals surface area contributed by atoms with Crippen LogP contribution in [0.15, 0.2) is 71.9 Å². The van der Waals surface area contributed by atoms with Crippen molar-refractivity contribution >= 4 is 35.6 Å². The molecule has 0 amide bonds. The van der Waals surface area contributed by atoms with Crippen LogP contribution in [0.1, 0.15) is 23.4 Å². The first kappa shape index (κ1) is 23.0. The van der Waals surface area contributed by atoms with Crippen molar-refractivity contribution in [2.24, 2.45) is 4.99 Å². The van der Waals surface area contributed by atoms with Gasteiger partial charge in [0.15, 0.2) is 17.4 Å². The number of rotatable bonds is 5. The highest BCUT2D eigenvalue weighted by atomic mass is 127. The molecule has 3 heterocycles. The summed E-state index contributed by atoms with van der Waals surface area (Å²) >= 11 is 0. The lowest BCUT2D eigenvalue weighted by Gasteiger charge is -2.18. The third-order valence-electron chi connectivity index (χ3n) is 5.68. The highest BCUT2D eigenvalue weighted by Crippen LogP contribution is 2.30. The van der Waals surface area contributed by atoms with Crippen LogP contribution in [0.4, 0.5) is 0 Å². The zero-order valence-corrected chi connectivity index (χ0v) is 20.8. The molecule has 2 aromatic carbocycles. The predicted octanol–water partition coefficient (Wildman–Crippen LogP) is 4.20. The number of ether oxygens (including phenoxy) is 1.